The van der Waals surface area contributed by atoms with Crippen LogP contribution in [-0.2, 0) is 0 Å². The van der Waals surface area contributed by atoms with Gasteiger partial charge in [0.25, 0.3) is 0 Å². The quantitative estimate of drug-likeness (QED) is 0.175. The van der Waals surface area contributed by atoms with Crippen molar-refractivity contribution in [2.75, 3.05) is 0 Å². The molecule has 0 aliphatic rings. The molecule has 0 radical (unpaired) electrons. The lowest BCUT2D eigenvalue weighted by Crippen LogP contribution is -2.29. The lowest BCUT2D eigenvalue weighted by Gasteiger charge is -2.05. The predicted octanol–water partition coefficient (Wildman–Crippen LogP) is 7.39. The molecule has 0 unspecified atom stereocenters. The van der Waals surface area contributed by atoms with Gasteiger partial charge in [-0.15, -0.1) is 0 Å². The number of hydrogen-bond donors (Lipinski definition) is 2. The van der Waals surface area contributed by atoms with E-state index in [0.29, 0.717) is 10.6 Å². The van der Waals surface area contributed by atoms with E-state index in [9.17, 15) is 0 Å². The van der Waals surface area contributed by atoms with Crippen molar-refractivity contribution in [2.24, 2.45) is 0 Å². The summed E-state index contributed by atoms with van der Waals surface area (Å²) in [6, 6.07) is 36.1. The topological polar surface area (TPSA) is 66.2 Å². The summed E-state index contributed by atoms with van der Waals surface area (Å²) < 4.78 is 0. The van der Waals surface area contributed by atoms with Crippen molar-refractivity contribution in [3.05, 3.63) is 137 Å². The Kier molecular flexibility index (Phi) is 9.67. The second kappa shape index (κ2) is 13.4. The molecule has 2 N–H and O–H groups in total. The van der Waals surface area contributed by atoms with Crippen LogP contribution in [0.15, 0.2) is 109 Å². The lowest BCUT2D eigenvalue weighted by molar-refractivity contribution is 0.425. The van der Waals surface area contributed by atoms with Crippen molar-refractivity contribution in [1.82, 2.24) is 9.97 Å². The van der Waals surface area contributed by atoms with Gasteiger partial charge in [-0.2, -0.15) is 0 Å². The maximum Gasteiger partial charge on any atom is 0.488 e. The van der Waals surface area contributed by atoms with Crippen LogP contribution in [0, 0.1) is 27.7 Å². The Bertz CT molecular complexity index is 1720. The molecule has 40 heavy (non-hydrogen) atoms. The molecule has 0 fully saturated rings. The fraction of sp³-hybridized carbons (Fsp3) is 0.118. The summed E-state index contributed by atoms with van der Waals surface area (Å²) in [5.74, 6) is 0. The standard InChI is InChI=1S/C17H15N.C10H8ClN.C7H9BO2/c1-12-4-3-5-15(10-12)16-9-8-14-7-6-13(2)11-17(14)18-16;1-7-2-3-8-4-5-10(11)12-9(8)6-7;1-6-3-2-4-7(5-6)8(9)10/h3-11H,1-2H3;2-6H,1H3;2-5,9-10H,1H3. The molecule has 6 aromatic rings. The van der Waals surface area contributed by atoms with Gasteiger partial charge in [0.1, 0.15) is 5.15 Å². The van der Waals surface area contributed by atoms with Crippen molar-refractivity contribution >= 4 is 46.0 Å². The Morgan fingerprint density at radius 2 is 1.07 bits per heavy atom. The number of hydrogen-bond acceptors (Lipinski definition) is 4. The Morgan fingerprint density at radius 3 is 1.65 bits per heavy atom. The van der Waals surface area contributed by atoms with E-state index in [1.54, 1.807) is 24.3 Å². The first-order chi connectivity index (χ1) is 19.2. The number of pyridine rings is 2. The molecule has 0 amide bonds. The van der Waals surface area contributed by atoms with Gasteiger partial charge in [0.05, 0.1) is 16.7 Å². The molecular formula is C34H32BClN2O2. The number of nitrogens with zero attached hydrogens (tertiary/aromatic N) is 2. The van der Waals surface area contributed by atoms with Crippen molar-refractivity contribution < 1.29 is 10.0 Å². The molecule has 6 heteroatoms. The monoisotopic (exact) mass is 546 g/mol. The van der Waals surface area contributed by atoms with Gasteiger partial charge >= 0.3 is 7.12 Å². The molecule has 0 atom stereocenters. The van der Waals surface area contributed by atoms with Gasteiger partial charge in [-0.3, -0.25) is 0 Å². The minimum absolute atomic E-state index is 0.542. The summed E-state index contributed by atoms with van der Waals surface area (Å²) in [6.07, 6.45) is 0. The van der Waals surface area contributed by atoms with E-state index in [2.05, 4.69) is 79.5 Å². The molecule has 2 heterocycles. The zero-order valence-electron chi connectivity index (χ0n) is 23.1. The Hall–Kier alpha value is -4.03. The minimum Gasteiger partial charge on any atom is -0.423 e. The first kappa shape index (κ1) is 29.0. The second-order valence-electron chi connectivity index (χ2n) is 9.88. The number of halogens is 1. The first-order valence-corrected chi connectivity index (χ1v) is 13.5. The Morgan fingerprint density at radius 1 is 0.550 bits per heavy atom. The molecule has 0 aliphatic heterocycles. The van der Waals surface area contributed by atoms with Gasteiger partial charge < -0.3 is 10.0 Å². The van der Waals surface area contributed by atoms with Gasteiger partial charge in [0.2, 0.25) is 0 Å². The van der Waals surface area contributed by atoms with Crippen molar-refractivity contribution in [3.63, 3.8) is 0 Å². The molecule has 2 aromatic heterocycles. The van der Waals surface area contributed by atoms with Crippen LogP contribution in [0.3, 0.4) is 0 Å². The highest BCUT2D eigenvalue weighted by Gasteiger charge is 2.09. The van der Waals surface area contributed by atoms with Crippen molar-refractivity contribution in [1.29, 1.82) is 0 Å². The van der Waals surface area contributed by atoms with Gasteiger partial charge in [0, 0.05) is 16.3 Å². The highest BCUT2D eigenvalue weighted by Crippen LogP contribution is 2.22. The van der Waals surface area contributed by atoms with Crippen LogP contribution < -0.4 is 5.46 Å². The third-order valence-corrected chi connectivity index (χ3v) is 6.53. The number of aromatic nitrogens is 2. The van der Waals surface area contributed by atoms with Crippen LogP contribution in [0.5, 0.6) is 0 Å². The van der Waals surface area contributed by atoms with E-state index in [1.807, 2.05) is 38.1 Å². The highest BCUT2D eigenvalue weighted by molar-refractivity contribution is 6.58. The highest BCUT2D eigenvalue weighted by atomic mass is 35.5. The predicted molar refractivity (Wildman–Crippen MR) is 169 cm³/mol. The van der Waals surface area contributed by atoms with Crippen molar-refractivity contribution in [2.45, 2.75) is 27.7 Å². The second-order valence-corrected chi connectivity index (χ2v) is 10.3. The molecule has 0 bridgehead atoms. The first-order valence-electron chi connectivity index (χ1n) is 13.1. The number of fused-ring (bicyclic) bond motifs is 2. The minimum atomic E-state index is -1.35. The zero-order valence-corrected chi connectivity index (χ0v) is 23.9. The third-order valence-electron chi connectivity index (χ3n) is 6.32. The summed E-state index contributed by atoms with van der Waals surface area (Å²) in [5.41, 5.74) is 9.53. The van der Waals surface area contributed by atoms with E-state index in [0.717, 1.165) is 27.7 Å². The van der Waals surface area contributed by atoms with Gasteiger partial charge in [-0.25, -0.2) is 9.97 Å². The average molecular weight is 547 g/mol. The zero-order chi connectivity index (χ0) is 28.6. The lowest BCUT2D eigenvalue weighted by atomic mass is 9.80. The summed E-state index contributed by atoms with van der Waals surface area (Å²) in [7, 11) is -1.35. The molecule has 4 aromatic carbocycles. The van der Waals surface area contributed by atoms with Crippen LogP contribution in [0.25, 0.3) is 33.1 Å². The fourth-order valence-electron chi connectivity index (χ4n) is 4.23. The number of aryl methyl sites for hydroxylation is 4. The van der Waals surface area contributed by atoms with Crippen LogP contribution in [0.1, 0.15) is 22.3 Å². The summed E-state index contributed by atoms with van der Waals surface area (Å²) in [4.78, 5) is 8.95. The Labute approximate surface area is 241 Å². The third kappa shape index (κ3) is 8.00. The normalized spacial score (nSPS) is 10.4. The molecule has 0 spiro atoms. The van der Waals surface area contributed by atoms with E-state index < -0.39 is 7.12 Å². The molecule has 200 valence electrons. The number of rotatable bonds is 2. The summed E-state index contributed by atoms with van der Waals surface area (Å²) in [5, 5.41) is 20.3. The van der Waals surface area contributed by atoms with E-state index in [-0.39, 0.29) is 0 Å². The maximum atomic E-state index is 8.70. The fourth-order valence-corrected chi connectivity index (χ4v) is 4.38. The van der Waals surface area contributed by atoms with E-state index >= 15 is 0 Å². The van der Waals surface area contributed by atoms with E-state index in [1.165, 1.54) is 27.6 Å². The van der Waals surface area contributed by atoms with Gasteiger partial charge in [0.15, 0.2) is 0 Å². The van der Waals surface area contributed by atoms with Crippen molar-refractivity contribution in [3.8, 4) is 11.3 Å². The number of benzene rings is 4. The molecule has 6 rings (SSSR count). The average Bonchev–Trinajstić information content (AvgIpc) is 2.93. The SMILES string of the molecule is Cc1ccc2ccc(Cl)nc2c1.Cc1cccc(-c2ccc3ccc(C)cc3n2)c1.Cc1cccc(B(O)O)c1. The molecule has 4 nitrogen and oxygen atoms in total. The van der Waals surface area contributed by atoms with Gasteiger partial charge in [-0.1, -0.05) is 95.5 Å². The Balaban J connectivity index is 0.000000147. The molecule has 0 aliphatic carbocycles. The maximum absolute atomic E-state index is 8.70. The van der Waals surface area contributed by atoms with Crippen LogP contribution >= 0.6 is 11.6 Å². The molecule has 0 saturated heterocycles. The van der Waals surface area contributed by atoms with Crippen LogP contribution in [0.4, 0.5) is 0 Å². The summed E-state index contributed by atoms with van der Waals surface area (Å²) >= 11 is 5.76. The van der Waals surface area contributed by atoms with Crippen LogP contribution in [-0.4, -0.2) is 27.1 Å². The van der Waals surface area contributed by atoms with E-state index in [4.69, 9.17) is 26.6 Å². The van der Waals surface area contributed by atoms with Gasteiger partial charge in [-0.05, 0) is 80.7 Å². The summed E-state index contributed by atoms with van der Waals surface area (Å²) in [6.45, 7) is 8.16. The van der Waals surface area contributed by atoms with Crippen LogP contribution in [0.2, 0.25) is 5.15 Å². The smallest absolute Gasteiger partial charge is 0.423 e. The largest absolute Gasteiger partial charge is 0.488 e. The molecular weight excluding hydrogens is 515 g/mol. The molecule has 0 saturated carbocycles.